The van der Waals surface area contributed by atoms with Crippen molar-refractivity contribution < 1.29 is 9.90 Å². The molecule has 5 nitrogen and oxygen atoms in total. The predicted octanol–water partition coefficient (Wildman–Crippen LogP) is 1.81. The summed E-state index contributed by atoms with van der Waals surface area (Å²) in [5.74, 6) is 0.551. The van der Waals surface area contributed by atoms with Gasteiger partial charge in [0.15, 0.2) is 0 Å². The number of piperidine rings is 1. The number of likely N-dealkylation sites (tertiary alicyclic amines) is 1. The van der Waals surface area contributed by atoms with Crippen molar-refractivity contribution in [3.63, 3.8) is 0 Å². The molecule has 0 saturated carbocycles. The molecule has 0 aromatic rings. The van der Waals surface area contributed by atoms with E-state index in [1.165, 1.54) is 32.4 Å². The number of urea groups is 1. The van der Waals surface area contributed by atoms with Crippen molar-refractivity contribution in [2.24, 2.45) is 11.8 Å². The fourth-order valence-electron chi connectivity index (χ4n) is 2.44. The van der Waals surface area contributed by atoms with Gasteiger partial charge in [0.2, 0.25) is 0 Å². The van der Waals surface area contributed by atoms with E-state index in [4.69, 9.17) is 0 Å². The summed E-state index contributed by atoms with van der Waals surface area (Å²) in [7, 11) is 0. The molecule has 0 aliphatic carbocycles. The van der Waals surface area contributed by atoms with E-state index in [0.717, 1.165) is 6.54 Å². The molecule has 5 heteroatoms. The number of carbonyl (C=O) groups is 1. The van der Waals surface area contributed by atoms with Crippen molar-refractivity contribution in [2.75, 3.05) is 32.7 Å². The molecule has 21 heavy (non-hydrogen) atoms. The standard InChI is InChI=1S/C16H33N3O2/c1-13(2)16(4,21)12-18-15(20)17-10-14(3)11-19-8-6-5-7-9-19/h13-14,21H,5-12H2,1-4H3,(H2,17,18,20). The van der Waals surface area contributed by atoms with Crippen molar-refractivity contribution in [1.82, 2.24) is 15.5 Å². The van der Waals surface area contributed by atoms with E-state index < -0.39 is 5.60 Å². The van der Waals surface area contributed by atoms with Crippen LogP contribution in [0.4, 0.5) is 4.79 Å². The van der Waals surface area contributed by atoms with Gasteiger partial charge in [0, 0.05) is 19.6 Å². The van der Waals surface area contributed by atoms with Crippen LogP contribution in [0.2, 0.25) is 0 Å². The minimum absolute atomic E-state index is 0.107. The largest absolute Gasteiger partial charge is 0.388 e. The SMILES string of the molecule is CC(CNC(=O)NCC(C)(O)C(C)C)CN1CCCCC1. The lowest BCUT2D eigenvalue weighted by Gasteiger charge is -2.29. The minimum atomic E-state index is -0.864. The van der Waals surface area contributed by atoms with E-state index in [-0.39, 0.29) is 18.5 Å². The number of carbonyl (C=O) groups excluding carboxylic acids is 1. The van der Waals surface area contributed by atoms with Gasteiger partial charge in [-0.25, -0.2) is 4.79 Å². The smallest absolute Gasteiger partial charge is 0.314 e. The van der Waals surface area contributed by atoms with E-state index in [1.54, 1.807) is 6.92 Å². The van der Waals surface area contributed by atoms with E-state index in [9.17, 15) is 9.90 Å². The van der Waals surface area contributed by atoms with Crippen molar-refractivity contribution in [2.45, 2.75) is 52.6 Å². The fraction of sp³-hybridized carbons (Fsp3) is 0.938. The van der Waals surface area contributed by atoms with Gasteiger partial charge < -0.3 is 20.6 Å². The molecule has 1 rings (SSSR count). The van der Waals surface area contributed by atoms with Gasteiger partial charge in [0.25, 0.3) is 0 Å². The van der Waals surface area contributed by atoms with E-state index in [0.29, 0.717) is 12.5 Å². The first-order chi connectivity index (χ1) is 9.81. The molecule has 2 unspecified atom stereocenters. The van der Waals surface area contributed by atoms with Crippen LogP contribution in [0.5, 0.6) is 0 Å². The molecule has 1 saturated heterocycles. The monoisotopic (exact) mass is 299 g/mol. The van der Waals surface area contributed by atoms with Crippen LogP contribution in [0.1, 0.15) is 47.0 Å². The lowest BCUT2D eigenvalue weighted by atomic mass is 9.93. The molecule has 1 aliphatic rings. The molecule has 0 radical (unpaired) electrons. The Morgan fingerprint density at radius 2 is 1.81 bits per heavy atom. The second-order valence-electron chi connectivity index (χ2n) is 7.04. The molecular formula is C16H33N3O2. The van der Waals surface area contributed by atoms with Crippen molar-refractivity contribution in [3.8, 4) is 0 Å². The average Bonchev–Trinajstić information content (AvgIpc) is 2.44. The van der Waals surface area contributed by atoms with Crippen molar-refractivity contribution >= 4 is 6.03 Å². The van der Waals surface area contributed by atoms with Gasteiger partial charge in [-0.3, -0.25) is 0 Å². The number of amides is 2. The van der Waals surface area contributed by atoms with Crippen molar-refractivity contribution in [1.29, 1.82) is 0 Å². The molecule has 2 atom stereocenters. The molecule has 0 bridgehead atoms. The molecule has 1 heterocycles. The maximum atomic E-state index is 11.8. The normalized spacial score (nSPS) is 20.9. The zero-order valence-corrected chi connectivity index (χ0v) is 14.1. The van der Waals surface area contributed by atoms with Crippen LogP contribution >= 0.6 is 0 Å². The van der Waals surface area contributed by atoms with Crippen LogP contribution in [-0.2, 0) is 0 Å². The summed E-state index contributed by atoms with van der Waals surface area (Å²) in [6.07, 6.45) is 3.94. The van der Waals surface area contributed by atoms with Gasteiger partial charge in [-0.1, -0.05) is 27.2 Å². The summed E-state index contributed by atoms with van der Waals surface area (Å²) in [6.45, 7) is 12.2. The Balaban J connectivity index is 2.17. The third kappa shape index (κ3) is 7.14. The lowest BCUT2D eigenvalue weighted by molar-refractivity contribution is 0.0166. The molecule has 0 aromatic heterocycles. The molecule has 0 aromatic carbocycles. The summed E-state index contributed by atoms with van der Waals surface area (Å²) in [5, 5.41) is 15.7. The molecule has 1 aliphatic heterocycles. The van der Waals surface area contributed by atoms with Gasteiger partial charge in [0.05, 0.1) is 5.60 Å². The lowest BCUT2D eigenvalue weighted by Crippen LogP contribution is -2.48. The highest BCUT2D eigenvalue weighted by Crippen LogP contribution is 2.14. The quantitative estimate of drug-likeness (QED) is 0.672. The summed E-state index contributed by atoms with van der Waals surface area (Å²) < 4.78 is 0. The Hall–Kier alpha value is -0.810. The highest BCUT2D eigenvalue weighted by atomic mass is 16.3. The van der Waals surface area contributed by atoms with Crippen molar-refractivity contribution in [3.05, 3.63) is 0 Å². The molecule has 3 N–H and O–H groups in total. The summed E-state index contributed by atoms with van der Waals surface area (Å²) in [4.78, 5) is 14.2. The topological polar surface area (TPSA) is 64.6 Å². The van der Waals surface area contributed by atoms with Gasteiger partial charge in [-0.2, -0.15) is 0 Å². The Labute approximate surface area is 129 Å². The van der Waals surface area contributed by atoms with Gasteiger partial charge >= 0.3 is 6.03 Å². The molecule has 124 valence electrons. The second kappa shape index (κ2) is 8.59. The van der Waals surface area contributed by atoms with E-state index >= 15 is 0 Å². The number of nitrogens with zero attached hydrogens (tertiary/aromatic N) is 1. The highest BCUT2D eigenvalue weighted by molar-refractivity contribution is 5.73. The van der Waals surface area contributed by atoms with Crippen LogP contribution in [0.15, 0.2) is 0 Å². The van der Waals surface area contributed by atoms with Gasteiger partial charge in [-0.05, 0) is 44.7 Å². The molecular weight excluding hydrogens is 266 g/mol. The van der Waals surface area contributed by atoms with Crippen LogP contribution in [-0.4, -0.2) is 54.4 Å². The predicted molar refractivity (Wildman–Crippen MR) is 86.3 cm³/mol. The Bertz CT molecular complexity index is 313. The van der Waals surface area contributed by atoms with Crippen LogP contribution in [0, 0.1) is 11.8 Å². The third-order valence-corrected chi connectivity index (χ3v) is 4.48. The summed E-state index contributed by atoms with van der Waals surface area (Å²) in [6, 6.07) is -0.193. The molecule has 1 fully saturated rings. The maximum absolute atomic E-state index is 11.8. The number of aliphatic hydroxyl groups is 1. The van der Waals surface area contributed by atoms with E-state index in [1.807, 2.05) is 13.8 Å². The number of rotatable bonds is 7. The Morgan fingerprint density at radius 3 is 2.38 bits per heavy atom. The number of hydrogen-bond donors (Lipinski definition) is 3. The van der Waals surface area contributed by atoms with Gasteiger partial charge in [0.1, 0.15) is 0 Å². The summed E-state index contributed by atoms with van der Waals surface area (Å²) in [5.41, 5.74) is -0.864. The van der Waals surface area contributed by atoms with Gasteiger partial charge in [-0.15, -0.1) is 0 Å². The van der Waals surface area contributed by atoms with Crippen LogP contribution in [0.25, 0.3) is 0 Å². The Morgan fingerprint density at radius 1 is 1.19 bits per heavy atom. The number of hydrogen-bond acceptors (Lipinski definition) is 3. The van der Waals surface area contributed by atoms with Crippen LogP contribution in [0.3, 0.4) is 0 Å². The summed E-state index contributed by atoms with van der Waals surface area (Å²) >= 11 is 0. The first kappa shape index (κ1) is 18.2. The third-order valence-electron chi connectivity index (χ3n) is 4.48. The highest BCUT2D eigenvalue weighted by Gasteiger charge is 2.25. The molecule has 2 amide bonds. The minimum Gasteiger partial charge on any atom is -0.388 e. The zero-order chi connectivity index (χ0) is 15.9. The fourth-order valence-corrected chi connectivity index (χ4v) is 2.44. The molecule has 0 spiro atoms. The van der Waals surface area contributed by atoms with E-state index in [2.05, 4.69) is 22.5 Å². The van der Waals surface area contributed by atoms with Crippen LogP contribution < -0.4 is 10.6 Å². The first-order valence-corrected chi connectivity index (χ1v) is 8.27. The zero-order valence-electron chi connectivity index (χ0n) is 14.1. The Kier molecular flexibility index (Phi) is 7.46. The number of nitrogens with one attached hydrogen (secondary N) is 2. The first-order valence-electron chi connectivity index (χ1n) is 8.27. The maximum Gasteiger partial charge on any atom is 0.314 e. The average molecular weight is 299 g/mol. The second-order valence-corrected chi connectivity index (χ2v) is 7.04.